The Morgan fingerprint density at radius 3 is 2.52 bits per heavy atom. The minimum Gasteiger partial charge on any atom is -0.495 e. The normalized spacial score (nSPS) is 22.4. The van der Waals surface area contributed by atoms with Gasteiger partial charge in [0.1, 0.15) is 5.75 Å². The molecule has 0 aromatic heterocycles. The van der Waals surface area contributed by atoms with Crippen molar-refractivity contribution in [3.8, 4) is 5.75 Å². The third-order valence-corrected chi connectivity index (χ3v) is 5.32. The average molecular weight is 385 g/mol. The van der Waals surface area contributed by atoms with E-state index in [2.05, 4.69) is 5.32 Å². The Bertz CT molecular complexity index is 645. The SMILES string of the molecule is COc1ccccc1N1CCC(NC2CCN(CCC(F)(F)F)CC2)C1=O. The predicted molar refractivity (Wildman–Crippen MR) is 97.0 cm³/mol. The number of likely N-dealkylation sites (tertiary alicyclic amines) is 1. The Labute approximate surface area is 157 Å². The Morgan fingerprint density at radius 2 is 1.85 bits per heavy atom. The van der Waals surface area contributed by atoms with Gasteiger partial charge in [-0.1, -0.05) is 12.1 Å². The number of para-hydroxylation sites is 2. The molecule has 2 heterocycles. The maximum absolute atomic E-state index is 12.8. The van der Waals surface area contributed by atoms with Gasteiger partial charge in [0.2, 0.25) is 5.91 Å². The molecule has 150 valence electrons. The Kier molecular flexibility index (Phi) is 6.26. The van der Waals surface area contributed by atoms with Gasteiger partial charge >= 0.3 is 6.18 Å². The van der Waals surface area contributed by atoms with E-state index in [4.69, 9.17) is 4.74 Å². The number of amides is 1. The van der Waals surface area contributed by atoms with Crippen molar-refractivity contribution in [3.63, 3.8) is 0 Å². The third kappa shape index (κ3) is 5.13. The van der Waals surface area contributed by atoms with Crippen molar-refractivity contribution in [1.29, 1.82) is 0 Å². The van der Waals surface area contributed by atoms with Gasteiger partial charge in [-0.2, -0.15) is 13.2 Å². The zero-order chi connectivity index (χ0) is 19.4. The molecule has 0 radical (unpaired) electrons. The highest BCUT2D eigenvalue weighted by molar-refractivity contribution is 6.00. The van der Waals surface area contributed by atoms with E-state index in [-0.39, 0.29) is 24.5 Å². The maximum atomic E-state index is 12.8. The fraction of sp³-hybridized carbons (Fsp3) is 0.632. The summed E-state index contributed by atoms with van der Waals surface area (Å²) in [7, 11) is 1.59. The first-order valence-electron chi connectivity index (χ1n) is 9.37. The van der Waals surface area contributed by atoms with Gasteiger partial charge in [-0.15, -0.1) is 0 Å². The minimum atomic E-state index is -4.10. The quantitative estimate of drug-likeness (QED) is 0.818. The highest BCUT2D eigenvalue weighted by Gasteiger charge is 2.36. The number of carbonyl (C=O) groups excluding carboxylic acids is 1. The summed E-state index contributed by atoms with van der Waals surface area (Å²) in [6, 6.07) is 7.37. The molecular weight excluding hydrogens is 359 g/mol. The lowest BCUT2D eigenvalue weighted by Crippen LogP contribution is -2.49. The Morgan fingerprint density at radius 1 is 1.15 bits per heavy atom. The van der Waals surface area contributed by atoms with Crippen molar-refractivity contribution < 1.29 is 22.7 Å². The molecule has 1 aromatic carbocycles. The van der Waals surface area contributed by atoms with Gasteiger partial charge in [-0.05, 0) is 44.5 Å². The molecule has 8 heteroatoms. The van der Waals surface area contributed by atoms with Gasteiger partial charge in [0, 0.05) is 19.1 Å². The summed E-state index contributed by atoms with van der Waals surface area (Å²) in [5.41, 5.74) is 0.774. The Hall–Kier alpha value is -1.80. The second-order valence-corrected chi connectivity index (χ2v) is 7.15. The number of hydrogen-bond donors (Lipinski definition) is 1. The number of carbonyl (C=O) groups is 1. The highest BCUT2D eigenvalue weighted by atomic mass is 19.4. The fourth-order valence-electron chi connectivity index (χ4n) is 3.82. The van der Waals surface area contributed by atoms with E-state index < -0.39 is 12.6 Å². The van der Waals surface area contributed by atoms with Gasteiger partial charge in [-0.3, -0.25) is 4.79 Å². The van der Waals surface area contributed by atoms with Crippen LogP contribution in [-0.2, 0) is 4.79 Å². The van der Waals surface area contributed by atoms with E-state index in [1.165, 1.54) is 0 Å². The lowest BCUT2D eigenvalue weighted by molar-refractivity contribution is -0.138. The number of hydrogen-bond acceptors (Lipinski definition) is 4. The van der Waals surface area contributed by atoms with Gasteiger partial charge in [-0.25, -0.2) is 0 Å². The zero-order valence-corrected chi connectivity index (χ0v) is 15.5. The summed E-state index contributed by atoms with van der Waals surface area (Å²) in [5, 5.41) is 3.42. The van der Waals surface area contributed by atoms with Gasteiger partial charge in [0.25, 0.3) is 0 Å². The van der Waals surface area contributed by atoms with Crippen LogP contribution in [0.3, 0.4) is 0 Å². The molecule has 1 amide bonds. The summed E-state index contributed by atoms with van der Waals surface area (Å²) in [5.74, 6) is 0.698. The van der Waals surface area contributed by atoms with E-state index in [0.717, 1.165) is 18.5 Å². The van der Waals surface area contributed by atoms with Crippen LogP contribution in [0.4, 0.5) is 18.9 Å². The van der Waals surface area contributed by atoms with Crippen LogP contribution in [0.2, 0.25) is 0 Å². The summed E-state index contributed by atoms with van der Waals surface area (Å²) < 4.78 is 42.4. The van der Waals surface area contributed by atoms with Crippen LogP contribution in [-0.4, -0.2) is 62.4 Å². The second-order valence-electron chi connectivity index (χ2n) is 7.15. The van der Waals surface area contributed by atoms with E-state index in [0.29, 0.717) is 31.8 Å². The summed E-state index contributed by atoms with van der Waals surface area (Å²) >= 11 is 0. The zero-order valence-electron chi connectivity index (χ0n) is 15.5. The molecule has 0 aliphatic carbocycles. The molecule has 1 aromatic rings. The molecule has 27 heavy (non-hydrogen) atoms. The number of nitrogens with zero attached hydrogens (tertiary/aromatic N) is 2. The molecule has 1 atom stereocenters. The number of piperidine rings is 1. The Balaban J connectivity index is 1.49. The van der Waals surface area contributed by atoms with Gasteiger partial charge in [0.15, 0.2) is 0 Å². The number of anilines is 1. The largest absolute Gasteiger partial charge is 0.495 e. The number of ether oxygens (including phenoxy) is 1. The first-order chi connectivity index (χ1) is 12.9. The first-order valence-corrected chi connectivity index (χ1v) is 9.37. The van der Waals surface area contributed by atoms with E-state index >= 15 is 0 Å². The summed E-state index contributed by atoms with van der Waals surface area (Å²) in [6.45, 7) is 1.94. The number of benzene rings is 1. The minimum absolute atomic E-state index is 0.0269. The lowest BCUT2D eigenvalue weighted by Gasteiger charge is -2.33. The van der Waals surface area contributed by atoms with Crippen LogP contribution in [0, 0.1) is 0 Å². The molecule has 1 unspecified atom stereocenters. The molecule has 0 bridgehead atoms. The molecule has 2 saturated heterocycles. The highest BCUT2D eigenvalue weighted by Crippen LogP contribution is 2.31. The standard InChI is InChI=1S/C19H26F3N3O2/c1-27-17-5-3-2-4-16(17)25-12-8-15(18(25)26)23-14-6-10-24(11-7-14)13-9-19(20,21)22/h2-5,14-15,23H,6-13H2,1H3. The van der Waals surface area contributed by atoms with E-state index in [1.807, 2.05) is 29.2 Å². The van der Waals surface area contributed by atoms with E-state index in [1.54, 1.807) is 12.0 Å². The van der Waals surface area contributed by atoms with Gasteiger partial charge < -0.3 is 19.9 Å². The number of methoxy groups -OCH3 is 1. The number of nitrogens with one attached hydrogen (secondary N) is 1. The number of rotatable bonds is 6. The van der Waals surface area contributed by atoms with E-state index in [9.17, 15) is 18.0 Å². The molecule has 3 rings (SSSR count). The van der Waals surface area contributed by atoms with Crippen molar-refractivity contribution in [2.75, 3.05) is 38.2 Å². The molecule has 2 fully saturated rings. The monoisotopic (exact) mass is 385 g/mol. The predicted octanol–water partition coefficient (Wildman–Crippen LogP) is 2.81. The fourth-order valence-corrected chi connectivity index (χ4v) is 3.82. The van der Waals surface area contributed by atoms with Crippen LogP contribution in [0.5, 0.6) is 5.75 Å². The molecule has 0 saturated carbocycles. The van der Waals surface area contributed by atoms with Crippen molar-refractivity contribution >= 4 is 11.6 Å². The van der Waals surface area contributed by atoms with Crippen molar-refractivity contribution in [2.45, 2.75) is 43.9 Å². The van der Waals surface area contributed by atoms with Gasteiger partial charge in [0.05, 0.1) is 25.3 Å². The maximum Gasteiger partial charge on any atom is 0.390 e. The average Bonchev–Trinajstić information content (AvgIpc) is 3.01. The summed E-state index contributed by atoms with van der Waals surface area (Å²) in [6.07, 6.45) is -2.63. The van der Waals surface area contributed by atoms with Crippen LogP contribution in [0.25, 0.3) is 0 Å². The first kappa shape index (κ1) is 19.9. The number of halogens is 3. The number of alkyl halides is 3. The van der Waals surface area contributed by atoms with Crippen molar-refractivity contribution in [2.24, 2.45) is 0 Å². The lowest BCUT2D eigenvalue weighted by atomic mass is 10.0. The topological polar surface area (TPSA) is 44.8 Å². The second kappa shape index (κ2) is 8.48. The van der Waals surface area contributed by atoms with Crippen LogP contribution in [0.1, 0.15) is 25.7 Å². The van der Waals surface area contributed by atoms with Crippen LogP contribution >= 0.6 is 0 Å². The summed E-state index contributed by atoms with van der Waals surface area (Å²) in [4.78, 5) is 16.4. The molecule has 1 N–H and O–H groups in total. The molecule has 2 aliphatic rings. The van der Waals surface area contributed by atoms with Crippen molar-refractivity contribution in [3.05, 3.63) is 24.3 Å². The van der Waals surface area contributed by atoms with Crippen LogP contribution in [0.15, 0.2) is 24.3 Å². The van der Waals surface area contributed by atoms with Crippen molar-refractivity contribution in [1.82, 2.24) is 10.2 Å². The molecule has 5 nitrogen and oxygen atoms in total. The smallest absolute Gasteiger partial charge is 0.390 e. The molecular formula is C19H26F3N3O2. The third-order valence-electron chi connectivity index (χ3n) is 5.32. The van der Waals surface area contributed by atoms with Crippen LogP contribution < -0.4 is 15.0 Å². The molecule has 2 aliphatic heterocycles. The molecule has 0 spiro atoms.